The summed E-state index contributed by atoms with van der Waals surface area (Å²) >= 11 is 0. The van der Waals surface area contributed by atoms with Crippen molar-refractivity contribution in [3.63, 3.8) is 0 Å². The largest absolute Gasteiger partial charge is 0.444 e. The summed E-state index contributed by atoms with van der Waals surface area (Å²) in [5.74, 6) is -0.249. The van der Waals surface area contributed by atoms with Crippen LogP contribution in [-0.2, 0) is 20.7 Å². The summed E-state index contributed by atoms with van der Waals surface area (Å²) in [6, 6.07) is 8.74. The van der Waals surface area contributed by atoms with Crippen LogP contribution < -0.4 is 16.0 Å². The monoisotopic (exact) mass is 405 g/mol. The molecular formula is C22H35N3O4. The molecule has 0 heterocycles. The van der Waals surface area contributed by atoms with Crippen LogP contribution in [0.5, 0.6) is 0 Å². The highest BCUT2D eigenvalue weighted by Gasteiger charge is 2.23. The van der Waals surface area contributed by atoms with Crippen molar-refractivity contribution in [3.05, 3.63) is 35.9 Å². The average molecular weight is 406 g/mol. The Labute approximate surface area is 174 Å². The van der Waals surface area contributed by atoms with Crippen LogP contribution in [0.15, 0.2) is 30.3 Å². The maximum atomic E-state index is 12.8. The molecule has 1 rings (SSSR count). The molecule has 0 fully saturated rings. The highest BCUT2D eigenvalue weighted by molar-refractivity contribution is 5.89. The molecule has 0 radical (unpaired) electrons. The van der Waals surface area contributed by atoms with E-state index in [9.17, 15) is 14.4 Å². The van der Waals surface area contributed by atoms with Gasteiger partial charge in [-0.2, -0.15) is 0 Å². The zero-order valence-corrected chi connectivity index (χ0v) is 18.4. The van der Waals surface area contributed by atoms with Crippen molar-refractivity contribution in [1.29, 1.82) is 0 Å². The van der Waals surface area contributed by atoms with Crippen molar-refractivity contribution in [2.45, 2.75) is 72.1 Å². The van der Waals surface area contributed by atoms with Gasteiger partial charge in [-0.3, -0.25) is 9.59 Å². The lowest BCUT2D eigenvalue weighted by Gasteiger charge is -2.23. The van der Waals surface area contributed by atoms with Gasteiger partial charge in [0.1, 0.15) is 18.2 Å². The molecule has 7 heteroatoms. The lowest BCUT2D eigenvalue weighted by Crippen LogP contribution is -2.52. The van der Waals surface area contributed by atoms with Gasteiger partial charge in [-0.05, 0) is 45.6 Å². The third-order valence-electron chi connectivity index (χ3n) is 3.94. The molecule has 0 bridgehead atoms. The maximum absolute atomic E-state index is 12.8. The van der Waals surface area contributed by atoms with Gasteiger partial charge in [0.25, 0.3) is 0 Å². The second-order valence-electron chi connectivity index (χ2n) is 8.70. The molecule has 1 aromatic carbocycles. The molecule has 0 spiro atoms. The van der Waals surface area contributed by atoms with E-state index in [1.165, 1.54) is 0 Å². The van der Waals surface area contributed by atoms with Gasteiger partial charge in [0.05, 0.1) is 0 Å². The Morgan fingerprint density at radius 1 is 1.00 bits per heavy atom. The molecule has 7 nitrogen and oxygen atoms in total. The fraction of sp³-hybridized carbons (Fsp3) is 0.591. The third-order valence-corrected chi connectivity index (χ3v) is 3.94. The molecule has 0 aliphatic carbocycles. The van der Waals surface area contributed by atoms with Crippen LogP contribution >= 0.6 is 0 Å². The van der Waals surface area contributed by atoms with E-state index in [1.54, 1.807) is 20.8 Å². The molecule has 0 aliphatic rings. The second-order valence-corrected chi connectivity index (χ2v) is 8.70. The molecule has 1 aromatic rings. The third kappa shape index (κ3) is 11.1. The van der Waals surface area contributed by atoms with Gasteiger partial charge in [-0.15, -0.1) is 0 Å². The molecule has 3 amide bonds. The highest BCUT2D eigenvalue weighted by Crippen LogP contribution is 2.08. The van der Waals surface area contributed by atoms with E-state index in [1.807, 2.05) is 37.3 Å². The molecule has 0 saturated heterocycles. The minimum atomic E-state index is -0.736. The molecule has 0 saturated carbocycles. The van der Waals surface area contributed by atoms with Crippen molar-refractivity contribution in [2.24, 2.45) is 5.92 Å². The van der Waals surface area contributed by atoms with E-state index < -0.39 is 23.6 Å². The first kappa shape index (κ1) is 24.5. The predicted octanol–water partition coefficient (Wildman–Crippen LogP) is 2.79. The number of ether oxygens (including phenoxy) is 1. The minimum Gasteiger partial charge on any atom is -0.444 e. The van der Waals surface area contributed by atoms with Gasteiger partial charge in [0.2, 0.25) is 11.8 Å². The summed E-state index contributed by atoms with van der Waals surface area (Å²) in [6.07, 6.45) is 0.527. The number of hydrogen-bond donors (Lipinski definition) is 3. The van der Waals surface area contributed by atoms with Crippen LogP contribution in [0, 0.1) is 5.92 Å². The normalized spacial score (nSPS) is 13.3. The van der Waals surface area contributed by atoms with Crippen LogP contribution in [-0.4, -0.2) is 42.1 Å². The fourth-order valence-corrected chi connectivity index (χ4v) is 2.88. The summed E-state index contributed by atoms with van der Waals surface area (Å²) in [5, 5.41) is 8.10. The van der Waals surface area contributed by atoms with Crippen molar-refractivity contribution in [3.8, 4) is 0 Å². The maximum Gasteiger partial charge on any atom is 0.408 e. The van der Waals surface area contributed by atoms with Gasteiger partial charge in [0, 0.05) is 12.5 Å². The van der Waals surface area contributed by atoms with Gasteiger partial charge in [-0.25, -0.2) is 4.79 Å². The van der Waals surface area contributed by atoms with Crippen LogP contribution in [0.2, 0.25) is 0 Å². The molecule has 29 heavy (non-hydrogen) atoms. The predicted molar refractivity (Wildman–Crippen MR) is 113 cm³/mol. The van der Waals surface area contributed by atoms with E-state index in [4.69, 9.17) is 4.74 Å². The zero-order chi connectivity index (χ0) is 22.0. The summed E-state index contributed by atoms with van der Waals surface area (Å²) in [7, 11) is 0. The summed E-state index contributed by atoms with van der Waals surface area (Å²) < 4.78 is 5.12. The first-order valence-electron chi connectivity index (χ1n) is 10.1. The molecule has 0 aromatic heterocycles. The van der Waals surface area contributed by atoms with Gasteiger partial charge in [0.15, 0.2) is 0 Å². The van der Waals surface area contributed by atoms with Crippen molar-refractivity contribution < 1.29 is 19.1 Å². The minimum absolute atomic E-state index is 0.00226. The SMILES string of the molecule is CC(C)CC(C)NC(=O)C(Cc1ccccc1)NC(=O)CNC(=O)OC(C)(C)C. The lowest BCUT2D eigenvalue weighted by atomic mass is 10.0. The number of carbonyl (C=O) groups is 3. The highest BCUT2D eigenvalue weighted by atomic mass is 16.6. The van der Waals surface area contributed by atoms with Crippen molar-refractivity contribution >= 4 is 17.9 Å². The van der Waals surface area contributed by atoms with Gasteiger partial charge >= 0.3 is 6.09 Å². The number of carbonyl (C=O) groups excluding carboxylic acids is 3. The van der Waals surface area contributed by atoms with Gasteiger partial charge in [-0.1, -0.05) is 44.2 Å². The summed E-state index contributed by atoms with van der Waals surface area (Å²) in [4.78, 5) is 36.8. The summed E-state index contributed by atoms with van der Waals surface area (Å²) in [5.41, 5.74) is 0.285. The quantitative estimate of drug-likeness (QED) is 0.589. The Morgan fingerprint density at radius 3 is 2.17 bits per heavy atom. The summed E-state index contributed by atoms with van der Waals surface area (Å²) in [6.45, 7) is 11.1. The Morgan fingerprint density at radius 2 is 1.62 bits per heavy atom. The van der Waals surface area contributed by atoms with Crippen LogP contribution in [0.3, 0.4) is 0 Å². The molecule has 162 valence electrons. The smallest absolute Gasteiger partial charge is 0.408 e. The molecule has 0 aliphatic heterocycles. The lowest BCUT2D eigenvalue weighted by molar-refractivity contribution is -0.129. The van der Waals surface area contributed by atoms with Crippen LogP contribution in [0.25, 0.3) is 0 Å². The Bertz CT molecular complexity index is 668. The van der Waals surface area contributed by atoms with E-state index in [0.29, 0.717) is 12.3 Å². The number of amides is 3. The topological polar surface area (TPSA) is 96.5 Å². The number of alkyl carbamates (subject to hydrolysis) is 1. The molecule has 3 N–H and O–H groups in total. The van der Waals surface area contributed by atoms with Gasteiger partial charge < -0.3 is 20.7 Å². The second kappa shape index (κ2) is 11.4. The number of hydrogen-bond acceptors (Lipinski definition) is 4. The van der Waals surface area contributed by atoms with Crippen LogP contribution in [0.4, 0.5) is 4.79 Å². The first-order valence-corrected chi connectivity index (χ1v) is 10.1. The van der Waals surface area contributed by atoms with Crippen molar-refractivity contribution in [1.82, 2.24) is 16.0 Å². The Hall–Kier alpha value is -2.57. The van der Waals surface area contributed by atoms with Crippen molar-refractivity contribution in [2.75, 3.05) is 6.54 Å². The Balaban J connectivity index is 2.71. The van der Waals surface area contributed by atoms with E-state index in [2.05, 4.69) is 29.8 Å². The van der Waals surface area contributed by atoms with E-state index in [0.717, 1.165) is 12.0 Å². The molecule has 2 unspecified atom stereocenters. The first-order chi connectivity index (χ1) is 13.5. The fourth-order valence-electron chi connectivity index (χ4n) is 2.88. The zero-order valence-electron chi connectivity index (χ0n) is 18.4. The van der Waals surface area contributed by atoms with Crippen LogP contribution in [0.1, 0.15) is 53.5 Å². The van der Waals surface area contributed by atoms with E-state index in [-0.39, 0.29) is 18.5 Å². The van der Waals surface area contributed by atoms with E-state index >= 15 is 0 Å². The molecular weight excluding hydrogens is 370 g/mol. The number of nitrogens with one attached hydrogen (secondary N) is 3. The number of rotatable bonds is 9. The standard InChI is InChI=1S/C22H35N3O4/c1-15(2)12-16(3)24-20(27)18(13-17-10-8-7-9-11-17)25-19(26)14-23-21(28)29-22(4,5)6/h7-11,15-16,18H,12-14H2,1-6H3,(H,23,28)(H,24,27)(H,25,26). The Kier molecular flexibility index (Phi) is 9.65. The average Bonchev–Trinajstić information content (AvgIpc) is 2.58. The molecule has 2 atom stereocenters. The number of benzene rings is 1.